The van der Waals surface area contributed by atoms with Crippen molar-refractivity contribution in [1.82, 2.24) is 9.71 Å². The summed E-state index contributed by atoms with van der Waals surface area (Å²) in [7, 11) is 0.142. The van der Waals surface area contributed by atoms with Crippen LogP contribution in [0.3, 0.4) is 0 Å². The average molecular weight is 696 g/mol. The summed E-state index contributed by atoms with van der Waals surface area (Å²) in [5.74, 6) is 1.68. The number of aromatic nitrogens is 1. The average Bonchev–Trinajstić information content (AvgIpc) is 3.25. The van der Waals surface area contributed by atoms with Crippen molar-refractivity contribution in [2.24, 2.45) is 11.8 Å². The van der Waals surface area contributed by atoms with E-state index < -0.39 is 17.1 Å². The van der Waals surface area contributed by atoms with Gasteiger partial charge in [-0.15, -0.1) is 0 Å². The topological polar surface area (TPSA) is 101 Å². The van der Waals surface area contributed by atoms with Crippen LogP contribution in [0.1, 0.15) is 80.8 Å². The fourth-order valence-electron chi connectivity index (χ4n) is 6.16. The smallest absolute Gasteiger partial charge is 0.263 e. The van der Waals surface area contributed by atoms with Gasteiger partial charge >= 0.3 is 0 Å². The first kappa shape index (κ1) is 37.4. The van der Waals surface area contributed by atoms with Crippen molar-refractivity contribution >= 4 is 34.2 Å². The molecule has 48 heavy (non-hydrogen) atoms. The fourth-order valence-corrected chi connectivity index (χ4v) is 6.89. The normalized spacial score (nSPS) is 20.0. The standard InChI is InChI=1S/C32H43ClN2O4S.C6H7NO/c1-5-7-9-30(36)28-13-10-24(28)18-35-19-25(27-14-12-26(33)16-22(27)8-6-2)20-39-31-15-11-23(17-29(31)35)32(37)34-40(38)21(3)4;1-8-6-4-2-3-5-7-6/h7,9,11-12,14-17,21,24-25,28,30,36H,5-6,8,10,13,18-20H2,1-4H3,(H,34,37);2-5H,1H3/b9-7+;. The molecule has 3 aromatic rings. The number of amides is 1. The molecule has 1 aliphatic carbocycles. The lowest BCUT2D eigenvalue weighted by molar-refractivity contribution is 0.0461. The largest absolute Gasteiger partial charge is 0.491 e. The van der Waals surface area contributed by atoms with Crippen LogP contribution < -0.4 is 19.1 Å². The number of hydrogen-bond donors (Lipinski definition) is 2. The predicted octanol–water partition coefficient (Wildman–Crippen LogP) is 7.52. The summed E-state index contributed by atoms with van der Waals surface area (Å²) in [5, 5.41) is 11.4. The highest BCUT2D eigenvalue weighted by Gasteiger charge is 2.38. The van der Waals surface area contributed by atoms with Crippen molar-refractivity contribution in [3.63, 3.8) is 0 Å². The highest BCUT2D eigenvalue weighted by atomic mass is 35.5. The summed E-state index contributed by atoms with van der Waals surface area (Å²) in [5.41, 5.74) is 3.80. The number of aryl methyl sites for hydroxylation is 1. The van der Waals surface area contributed by atoms with Gasteiger partial charge in [0.25, 0.3) is 5.91 Å². The Morgan fingerprint density at radius 1 is 1.19 bits per heavy atom. The first-order chi connectivity index (χ1) is 23.1. The summed E-state index contributed by atoms with van der Waals surface area (Å²) in [6.45, 7) is 9.86. The zero-order chi connectivity index (χ0) is 34.6. The first-order valence-corrected chi connectivity index (χ1v) is 18.6. The molecule has 5 atom stereocenters. The molecule has 2 heterocycles. The number of nitrogens with one attached hydrogen (secondary N) is 1. The molecule has 2 N–H and O–H groups in total. The lowest BCUT2D eigenvalue weighted by Gasteiger charge is -2.42. The number of fused-ring (bicyclic) bond motifs is 1. The minimum atomic E-state index is -1.46. The Bertz CT molecular complexity index is 1540. The lowest BCUT2D eigenvalue weighted by atomic mass is 9.70. The van der Waals surface area contributed by atoms with Gasteiger partial charge < -0.3 is 19.5 Å². The molecule has 2 aliphatic rings. The van der Waals surface area contributed by atoms with Gasteiger partial charge in [-0.05, 0) is 98.9 Å². The van der Waals surface area contributed by atoms with Crippen LogP contribution in [0.15, 0.2) is 72.9 Å². The van der Waals surface area contributed by atoms with Crippen molar-refractivity contribution in [2.75, 3.05) is 31.7 Å². The molecule has 0 radical (unpaired) electrons. The second-order valence-electron chi connectivity index (χ2n) is 12.7. The Kier molecular flexibility index (Phi) is 14.3. The van der Waals surface area contributed by atoms with E-state index in [1.165, 1.54) is 11.1 Å². The van der Waals surface area contributed by atoms with Gasteiger partial charge in [-0.2, -0.15) is 0 Å². The number of hydrogen-bond acceptors (Lipinski definition) is 7. The maximum absolute atomic E-state index is 13.0. The number of aliphatic hydroxyl groups is 1. The molecule has 1 amide bonds. The third-order valence-corrected chi connectivity index (χ3v) is 10.4. The Labute approximate surface area is 293 Å². The number of methoxy groups -OCH3 is 1. The van der Waals surface area contributed by atoms with E-state index in [2.05, 4.69) is 40.6 Å². The number of halogens is 1. The lowest BCUT2D eigenvalue weighted by Crippen LogP contribution is -2.44. The van der Waals surface area contributed by atoms with E-state index in [9.17, 15) is 14.1 Å². The molecule has 1 saturated carbocycles. The van der Waals surface area contributed by atoms with Gasteiger partial charge in [0.05, 0.1) is 25.5 Å². The van der Waals surface area contributed by atoms with Crippen LogP contribution in [0.25, 0.3) is 0 Å². The minimum Gasteiger partial charge on any atom is -0.491 e. The van der Waals surface area contributed by atoms with E-state index in [0.717, 1.165) is 61.7 Å². The van der Waals surface area contributed by atoms with Crippen LogP contribution in [0.2, 0.25) is 5.02 Å². The number of carbonyl (C=O) groups is 1. The maximum Gasteiger partial charge on any atom is 0.263 e. The number of ether oxygens (including phenoxy) is 2. The van der Waals surface area contributed by atoms with Gasteiger partial charge in [0.1, 0.15) is 16.7 Å². The Balaban J connectivity index is 0.000000569. The molecule has 0 saturated heterocycles. The quantitative estimate of drug-likeness (QED) is 0.189. The molecule has 8 nitrogen and oxygen atoms in total. The number of anilines is 1. The molecule has 5 unspecified atom stereocenters. The van der Waals surface area contributed by atoms with E-state index in [0.29, 0.717) is 24.0 Å². The molecule has 1 fully saturated rings. The van der Waals surface area contributed by atoms with E-state index in [-0.39, 0.29) is 23.0 Å². The Morgan fingerprint density at radius 3 is 2.62 bits per heavy atom. The number of allylic oxidation sites excluding steroid dienone is 1. The highest BCUT2D eigenvalue weighted by Crippen LogP contribution is 2.42. The van der Waals surface area contributed by atoms with Crippen molar-refractivity contribution in [3.8, 4) is 11.6 Å². The van der Waals surface area contributed by atoms with Gasteiger partial charge in [-0.1, -0.05) is 56.2 Å². The number of carbonyl (C=O) groups excluding carboxylic acids is 1. The summed E-state index contributed by atoms with van der Waals surface area (Å²) < 4.78 is 26.1. The number of pyridine rings is 1. The number of benzene rings is 2. The van der Waals surface area contributed by atoms with E-state index >= 15 is 0 Å². The third-order valence-electron chi connectivity index (χ3n) is 8.91. The first-order valence-electron chi connectivity index (χ1n) is 17.0. The van der Waals surface area contributed by atoms with Crippen LogP contribution in [-0.4, -0.2) is 58.4 Å². The molecule has 10 heteroatoms. The molecule has 5 rings (SSSR count). The second kappa shape index (κ2) is 18.4. The minimum absolute atomic E-state index is 0.111. The van der Waals surface area contributed by atoms with Crippen LogP contribution in [-0.2, 0) is 17.4 Å². The molecule has 0 spiro atoms. The Morgan fingerprint density at radius 2 is 2.00 bits per heavy atom. The van der Waals surface area contributed by atoms with Crippen LogP contribution >= 0.6 is 11.6 Å². The summed E-state index contributed by atoms with van der Waals surface area (Å²) in [6.07, 6.45) is 10.1. The molecular weight excluding hydrogens is 646 g/mol. The van der Waals surface area contributed by atoms with Crippen LogP contribution in [0.5, 0.6) is 11.6 Å². The summed E-state index contributed by atoms with van der Waals surface area (Å²) >= 11 is 6.37. The highest BCUT2D eigenvalue weighted by molar-refractivity contribution is 7.84. The second-order valence-corrected chi connectivity index (χ2v) is 14.8. The number of aliphatic hydroxyl groups excluding tert-OH is 1. The van der Waals surface area contributed by atoms with Crippen molar-refractivity contribution in [2.45, 2.75) is 77.1 Å². The third kappa shape index (κ3) is 10.1. The summed E-state index contributed by atoms with van der Waals surface area (Å²) in [4.78, 5) is 19.2. The fraction of sp³-hybridized carbons (Fsp3) is 0.474. The molecule has 0 bridgehead atoms. The maximum atomic E-state index is 13.0. The van der Waals surface area contributed by atoms with Crippen LogP contribution in [0.4, 0.5) is 5.69 Å². The van der Waals surface area contributed by atoms with Crippen molar-refractivity contribution < 1.29 is 23.6 Å². The van der Waals surface area contributed by atoms with E-state index in [1.54, 1.807) is 25.4 Å². The molecule has 260 valence electrons. The molecule has 2 aromatic carbocycles. The van der Waals surface area contributed by atoms with E-state index in [1.807, 2.05) is 56.3 Å². The monoisotopic (exact) mass is 695 g/mol. The number of nitrogens with zero attached hydrogens (tertiary/aromatic N) is 2. The van der Waals surface area contributed by atoms with E-state index in [4.69, 9.17) is 21.1 Å². The van der Waals surface area contributed by atoms with Crippen LogP contribution in [0, 0.1) is 11.8 Å². The van der Waals surface area contributed by atoms with Gasteiger partial charge in [0.15, 0.2) is 0 Å². The molecule has 1 aromatic heterocycles. The zero-order valence-corrected chi connectivity index (χ0v) is 30.3. The summed E-state index contributed by atoms with van der Waals surface area (Å²) in [6, 6.07) is 17.1. The van der Waals surface area contributed by atoms with Gasteiger partial charge in [-0.25, -0.2) is 9.19 Å². The zero-order valence-electron chi connectivity index (χ0n) is 28.7. The van der Waals surface area contributed by atoms with Gasteiger partial charge in [0.2, 0.25) is 5.88 Å². The van der Waals surface area contributed by atoms with Crippen molar-refractivity contribution in [1.29, 1.82) is 0 Å². The molecule has 1 aliphatic heterocycles. The SMILES string of the molecule is CC/C=C/C(O)C1CCC1CN1CC(c2ccc(Cl)cc2CCC)COc2ccc(C(=O)NS(=O)C(C)C)cc21.COc1ccccn1. The predicted molar refractivity (Wildman–Crippen MR) is 196 cm³/mol. The Hall–Kier alpha value is -3.40. The van der Waals surface area contributed by atoms with Gasteiger partial charge in [-0.3, -0.25) is 9.52 Å². The van der Waals surface area contributed by atoms with Gasteiger partial charge in [0, 0.05) is 47.1 Å². The van der Waals surface area contributed by atoms with Crippen molar-refractivity contribution in [3.05, 3.63) is 94.7 Å². The molecular formula is C38H50ClN3O5S. The number of rotatable bonds is 12.